The van der Waals surface area contributed by atoms with Gasteiger partial charge in [0.2, 0.25) is 11.9 Å². The maximum Gasteiger partial charge on any atom is 0.278 e. The van der Waals surface area contributed by atoms with E-state index in [4.69, 9.17) is 5.73 Å². The van der Waals surface area contributed by atoms with Gasteiger partial charge in [-0.05, 0) is 12.1 Å². The number of amides is 1. The molecule has 0 aliphatic rings. The number of para-hydroxylation sites is 1. The molecule has 1 amide bonds. The van der Waals surface area contributed by atoms with Gasteiger partial charge in [0.1, 0.15) is 0 Å². The fourth-order valence-corrected chi connectivity index (χ4v) is 3.73. The highest BCUT2D eigenvalue weighted by atomic mass is 32.2. The molecule has 0 spiro atoms. The molecule has 4 rings (SSSR count). The number of thiazole rings is 1. The molecule has 126 valence electrons. The number of hydrogen-bond donors (Lipinski definition) is 4. The number of anilines is 2. The lowest BCUT2D eigenvalue weighted by Gasteiger charge is -1.99. The molecule has 0 fully saturated rings. The summed E-state index contributed by atoms with van der Waals surface area (Å²) in [6.07, 6.45) is 0. The van der Waals surface area contributed by atoms with E-state index in [0.717, 1.165) is 22.0 Å². The quantitative estimate of drug-likeness (QED) is 0.398. The maximum absolute atomic E-state index is 12.1. The molecule has 0 saturated heterocycles. The first-order valence-electron chi connectivity index (χ1n) is 7.12. The van der Waals surface area contributed by atoms with Crippen molar-refractivity contribution in [2.24, 2.45) is 0 Å². The Hall–Kier alpha value is -2.92. The van der Waals surface area contributed by atoms with Gasteiger partial charge in [-0.15, -0.1) is 0 Å². The Morgan fingerprint density at radius 1 is 1.24 bits per heavy atom. The van der Waals surface area contributed by atoms with Gasteiger partial charge in [-0.2, -0.15) is 4.98 Å². The molecule has 11 heteroatoms. The van der Waals surface area contributed by atoms with Crippen molar-refractivity contribution >= 4 is 61.5 Å². The zero-order valence-corrected chi connectivity index (χ0v) is 14.2. The predicted molar refractivity (Wildman–Crippen MR) is 97.9 cm³/mol. The largest absolute Gasteiger partial charge is 0.369 e. The summed E-state index contributed by atoms with van der Waals surface area (Å²) in [5.41, 5.74) is 6.36. The number of aromatic amines is 2. The van der Waals surface area contributed by atoms with Crippen molar-refractivity contribution in [3.8, 4) is 0 Å². The van der Waals surface area contributed by atoms with Crippen molar-refractivity contribution in [2.45, 2.75) is 5.16 Å². The first kappa shape index (κ1) is 15.6. The smallest absolute Gasteiger partial charge is 0.278 e. The van der Waals surface area contributed by atoms with Crippen LogP contribution in [0.15, 0.2) is 34.2 Å². The fraction of sp³-hybridized carbons (Fsp3) is 0.0714. The Morgan fingerprint density at radius 2 is 2.08 bits per heavy atom. The third kappa shape index (κ3) is 3.19. The van der Waals surface area contributed by atoms with Gasteiger partial charge in [0.15, 0.2) is 21.5 Å². The van der Waals surface area contributed by atoms with Crippen molar-refractivity contribution in [1.29, 1.82) is 0 Å². The Labute approximate surface area is 148 Å². The van der Waals surface area contributed by atoms with Gasteiger partial charge in [0.05, 0.1) is 16.0 Å². The van der Waals surface area contributed by atoms with Crippen LogP contribution in [-0.4, -0.2) is 36.6 Å². The number of imidazole rings is 1. The zero-order chi connectivity index (χ0) is 17.4. The van der Waals surface area contributed by atoms with E-state index in [1.165, 1.54) is 11.3 Å². The lowest BCUT2D eigenvalue weighted by molar-refractivity contribution is -0.113. The summed E-state index contributed by atoms with van der Waals surface area (Å²) in [7, 11) is 0. The van der Waals surface area contributed by atoms with E-state index in [9.17, 15) is 9.59 Å². The molecule has 4 aromatic rings. The van der Waals surface area contributed by atoms with E-state index in [1.54, 1.807) is 0 Å². The summed E-state index contributed by atoms with van der Waals surface area (Å²) in [4.78, 5) is 41.5. The lowest BCUT2D eigenvalue weighted by atomic mass is 10.3. The number of aromatic nitrogens is 5. The third-order valence-electron chi connectivity index (χ3n) is 3.24. The van der Waals surface area contributed by atoms with E-state index in [0.29, 0.717) is 10.3 Å². The summed E-state index contributed by atoms with van der Waals surface area (Å²) in [6, 6.07) is 7.66. The molecule has 5 N–H and O–H groups in total. The SMILES string of the molecule is Nc1nc2nc(SCC(=O)Nc3nc4ccccc4s3)[nH]c2c(=O)[nH]1. The molecule has 0 atom stereocenters. The molecule has 0 aliphatic heterocycles. The number of nitrogens with two attached hydrogens (primary N) is 1. The first-order chi connectivity index (χ1) is 12.1. The summed E-state index contributed by atoms with van der Waals surface area (Å²) in [5.74, 6) is -0.108. The number of carbonyl (C=O) groups is 1. The van der Waals surface area contributed by atoms with Crippen LogP contribution in [0.4, 0.5) is 11.1 Å². The molecule has 0 saturated carbocycles. The highest BCUT2D eigenvalue weighted by Crippen LogP contribution is 2.25. The molecule has 0 bridgehead atoms. The average Bonchev–Trinajstić information content (AvgIpc) is 3.15. The van der Waals surface area contributed by atoms with Gasteiger partial charge in [-0.25, -0.2) is 9.97 Å². The van der Waals surface area contributed by atoms with Gasteiger partial charge in [-0.3, -0.25) is 14.6 Å². The number of fused-ring (bicyclic) bond motifs is 2. The number of H-pyrrole nitrogens is 2. The van der Waals surface area contributed by atoms with Crippen LogP contribution < -0.4 is 16.6 Å². The van der Waals surface area contributed by atoms with Crippen LogP contribution in [-0.2, 0) is 4.79 Å². The Morgan fingerprint density at radius 3 is 2.92 bits per heavy atom. The highest BCUT2D eigenvalue weighted by molar-refractivity contribution is 7.99. The molecular formula is C14H11N7O2S2. The van der Waals surface area contributed by atoms with E-state index in [1.807, 2.05) is 24.3 Å². The van der Waals surface area contributed by atoms with E-state index >= 15 is 0 Å². The van der Waals surface area contributed by atoms with Crippen molar-refractivity contribution in [2.75, 3.05) is 16.8 Å². The van der Waals surface area contributed by atoms with Crippen molar-refractivity contribution in [3.63, 3.8) is 0 Å². The van der Waals surface area contributed by atoms with Crippen LogP contribution in [0.2, 0.25) is 0 Å². The summed E-state index contributed by atoms with van der Waals surface area (Å²) in [5, 5.41) is 3.72. The average molecular weight is 373 g/mol. The van der Waals surface area contributed by atoms with E-state index in [2.05, 4.69) is 30.2 Å². The molecule has 0 aliphatic carbocycles. The molecule has 3 aromatic heterocycles. The normalized spacial score (nSPS) is 11.2. The van der Waals surface area contributed by atoms with Crippen molar-refractivity contribution in [1.82, 2.24) is 24.9 Å². The molecule has 9 nitrogen and oxygen atoms in total. The summed E-state index contributed by atoms with van der Waals surface area (Å²) >= 11 is 2.57. The van der Waals surface area contributed by atoms with E-state index < -0.39 is 5.56 Å². The second kappa shape index (κ2) is 6.18. The predicted octanol–water partition coefficient (Wildman–Crippen LogP) is 1.57. The number of rotatable bonds is 4. The minimum atomic E-state index is -0.402. The number of nitrogens with one attached hydrogen (secondary N) is 3. The first-order valence-corrected chi connectivity index (χ1v) is 8.92. The highest BCUT2D eigenvalue weighted by Gasteiger charge is 2.12. The minimum absolute atomic E-state index is 0.00544. The van der Waals surface area contributed by atoms with Gasteiger partial charge in [-0.1, -0.05) is 35.2 Å². The maximum atomic E-state index is 12.1. The number of hydrogen-bond acceptors (Lipinski definition) is 8. The monoisotopic (exact) mass is 373 g/mol. The van der Waals surface area contributed by atoms with Crippen LogP contribution in [0.5, 0.6) is 0 Å². The minimum Gasteiger partial charge on any atom is -0.369 e. The fourth-order valence-electron chi connectivity index (χ4n) is 2.19. The second-order valence-corrected chi connectivity index (χ2v) is 7.01. The molecule has 1 aromatic carbocycles. The second-order valence-electron chi connectivity index (χ2n) is 5.02. The Bertz CT molecular complexity index is 1110. The van der Waals surface area contributed by atoms with Gasteiger partial charge >= 0.3 is 0 Å². The Balaban J connectivity index is 1.44. The summed E-state index contributed by atoms with van der Waals surface area (Å²) < 4.78 is 1.01. The van der Waals surface area contributed by atoms with Gasteiger partial charge in [0.25, 0.3) is 5.56 Å². The van der Waals surface area contributed by atoms with Gasteiger partial charge < -0.3 is 16.0 Å². The molecular weight excluding hydrogens is 362 g/mol. The lowest BCUT2D eigenvalue weighted by Crippen LogP contribution is -2.13. The molecule has 25 heavy (non-hydrogen) atoms. The number of nitrogens with zero attached hydrogens (tertiary/aromatic N) is 3. The van der Waals surface area contributed by atoms with E-state index in [-0.39, 0.29) is 28.8 Å². The van der Waals surface area contributed by atoms with Crippen LogP contribution in [0.25, 0.3) is 21.4 Å². The third-order valence-corrected chi connectivity index (χ3v) is 5.06. The molecule has 3 heterocycles. The standard InChI is InChI=1S/C14H11N7O2S2/c15-12-19-10-9(11(23)21-12)18-13(20-10)24-5-8(22)17-14-16-6-3-1-2-4-7(6)25-14/h1-4H,5H2,(H,16,17,22)(H4,15,18,19,20,21,23). The van der Waals surface area contributed by atoms with Crippen LogP contribution in [0, 0.1) is 0 Å². The molecule has 0 unspecified atom stereocenters. The molecule has 0 radical (unpaired) electrons. The zero-order valence-electron chi connectivity index (χ0n) is 12.6. The van der Waals surface area contributed by atoms with Crippen LogP contribution in [0.3, 0.4) is 0 Å². The Kier molecular flexibility index (Phi) is 3.86. The topological polar surface area (TPSA) is 142 Å². The number of benzene rings is 1. The number of carbonyl (C=O) groups excluding carboxylic acids is 1. The number of thioether (sulfide) groups is 1. The summed E-state index contributed by atoms with van der Waals surface area (Å²) in [6.45, 7) is 0. The van der Waals surface area contributed by atoms with Crippen molar-refractivity contribution in [3.05, 3.63) is 34.6 Å². The number of nitrogen functional groups attached to an aromatic ring is 1. The van der Waals surface area contributed by atoms with Crippen LogP contribution >= 0.6 is 23.1 Å². The van der Waals surface area contributed by atoms with Crippen LogP contribution in [0.1, 0.15) is 0 Å². The van der Waals surface area contributed by atoms with Gasteiger partial charge in [0, 0.05) is 0 Å². The van der Waals surface area contributed by atoms with Crippen molar-refractivity contribution < 1.29 is 4.79 Å².